The summed E-state index contributed by atoms with van der Waals surface area (Å²) in [7, 11) is 0. The number of alkyl halides is 3. The van der Waals surface area contributed by atoms with E-state index in [-0.39, 0.29) is 16.1 Å². The van der Waals surface area contributed by atoms with Crippen molar-refractivity contribution in [2.45, 2.75) is 28.6 Å². The second-order valence-electron chi connectivity index (χ2n) is 2.73. The summed E-state index contributed by atoms with van der Waals surface area (Å²) in [6.45, 7) is 0. The Balaban J connectivity index is 2.04. The second-order valence-corrected chi connectivity index (χ2v) is 5.05. The molecule has 0 spiro atoms. The number of nitrogens with zero attached hydrogens (tertiary/aromatic N) is 2. The molecule has 1 saturated carbocycles. The zero-order chi connectivity index (χ0) is 9.47. The first-order chi connectivity index (χ1) is 6.04. The van der Waals surface area contributed by atoms with E-state index in [0.29, 0.717) is 5.92 Å². The molecule has 1 aliphatic rings. The van der Waals surface area contributed by atoms with Crippen LogP contribution in [0.15, 0.2) is 4.34 Å². The van der Waals surface area contributed by atoms with Gasteiger partial charge in [0.1, 0.15) is 5.01 Å². The smallest absolute Gasteiger partial charge is 0.160 e. The Kier molecular flexibility index (Phi) is 2.23. The number of hydrogen-bond donors (Lipinski definition) is 0. The van der Waals surface area contributed by atoms with Crippen LogP contribution in [0.5, 0.6) is 0 Å². The summed E-state index contributed by atoms with van der Waals surface area (Å²) in [6.07, 6.45) is 2.07. The third-order valence-electron chi connectivity index (χ3n) is 1.55. The highest BCUT2D eigenvalue weighted by Gasteiger charge is 2.33. The quantitative estimate of drug-likeness (QED) is 0.725. The molecule has 0 aromatic carbocycles. The number of hydrogen-bond acceptors (Lipinski definition) is 4. The molecule has 0 radical (unpaired) electrons. The maximum Gasteiger partial charge on any atom is 0.448 e. The first-order valence-electron chi connectivity index (χ1n) is 3.64. The highest BCUT2D eigenvalue weighted by Crippen LogP contribution is 2.45. The summed E-state index contributed by atoms with van der Waals surface area (Å²) < 4.78 is 35.6. The van der Waals surface area contributed by atoms with E-state index in [0.717, 1.165) is 29.2 Å². The minimum absolute atomic E-state index is 0.00519. The highest BCUT2D eigenvalue weighted by atomic mass is 32.2. The van der Waals surface area contributed by atoms with Gasteiger partial charge in [-0.2, -0.15) is 13.2 Å². The fraction of sp³-hybridized carbons (Fsp3) is 0.667. The third-order valence-corrected chi connectivity index (χ3v) is 3.42. The molecule has 1 aromatic rings. The van der Waals surface area contributed by atoms with Gasteiger partial charge in [0.15, 0.2) is 4.34 Å². The highest BCUT2D eigenvalue weighted by molar-refractivity contribution is 8.01. The van der Waals surface area contributed by atoms with E-state index in [4.69, 9.17) is 0 Å². The molecule has 0 unspecified atom stereocenters. The Labute approximate surface area is 80.6 Å². The molecular formula is C6H5F3N2S2. The lowest BCUT2D eigenvalue weighted by Gasteiger charge is -1.99. The zero-order valence-electron chi connectivity index (χ0n) is 6.34. The lowest BCUT2D eigenvalue weighted by Crippen LogP contribution is -1.98. The number of rotatable bonds is 2. The van der Waals surface area contributed by atoms with Crippen molar-refractivity contribution in [3.8, 4) is 0 Å². The fourth-order valence-electron chi connectivity index (χ4n) is 0.856. The number of thioether (sulfide) groups is 1. The normalized spacial score (nSPS) is 17.8. The molecule has 1 heterocycles. The maximum atomic E-state index is 11.9. The topological polar surface area (TPSA) is 25.8 Å². The molecule has 0 atom stereocenters. The van der Waals surface area contributed by atoms with Crippen molar-refractivity contribution in [1.82, 2.24) is 10.2 Å². The maximum absolute atomic E-state index is 11.9. The van der Waals surface area contributed by atoms with Crippen LogP contribution in [0, 0.1) is 0 Å². The van der Waals surface area contributed by atoms with Gasteiger partial charge in [-0.3, -0.25) is 0 Å². The first kappa shape index (κ1) is 9.26. The van der Waals surface area contributed by atoms with Crippen LogP contribution in [0.3, 0.4) is 0 Å². The number of halogens is 3. The van der Waals surface area contributed by atoms with Crippen LogP contribution in [0.4, 0.5) is 13.2 Å². The van der Waals surface area contributed by atoms with E-state index in [1.54, 1.807) is 0 Å². The van der Waals surface area contributed by atoms with Crippen LogP contribution in [-0.4, -0.2) is 15.7 Å². The SMILES string of the molecule is FC(F)(F)Sc1nnc(C2CC2)s1. The molecule has 2 nitrogen and oxygen atoms in total. The van der Waals surface area contributed by atoms with Crippen molar-refractivity contribution in [2.75, 3.05) is 0 Å². The zero-order valence-corrected chi connectivity index (χ0v) is 7.97. The van der Waals surface area contributed by atoms with Gasteiger partial charge in [-0.25, -0.2) is 0 Å². The van der Waals surface area contributed by atoms with Crippen LogP contribution in [0.2, 0.25) is 0 Å². The van der Waals surface area contributed by atoms with E-state index >= 15 is 0 Å². The summed E-state index contributed by atoms with van der Waals surface area (Å²) in [5, 5.41) is 7.93. The van der Waals surface area contributed by atoms with Crippen molar-refractivity contribution in [3.63, 3.8) is 0 Å². The van der Waals surface area contributed by atoms with Crippen LogP contribution < -0.4 is 0 Å². The molecular weight excluding hydrogens is 221 g/mol. The van der Waals surface area contributed by atoms with Gasteiger partial charge >= 0.3 is 5.51 Å². The Hall–Kier alpha value is -0.300. The average molecular weight is 226 g/mol. The minimum Gasteiger partial charge on any atom is -0.160 e. The summed E-state index contributed by atoms with van der Waals surface area (Å²) >= 11 is 0.863. The molecule has 1 aliphatic carbocycles. The average Bonchev–Trinajstić information content (AvgIpc) is 2.72. The van der Waals surface area contributed by atoms with Crippen molar-refractivity contribution in [1.29, 1.82) is 0 Å². The second kappa shape index (κ2) is 3.13. The van der Waals surface area contributed by atoms with Crippen LogP contribution >= 0.6 is 23.1 Å². The van der Waals surface area contributed by atoms with E-state index in [2.05, 4.69) is 10.2 Å². The Morgan fingerprint density at radius 3 is 2.54 bits per heavy atom. The van der Waals surface area contributed by atoms with Gasteiger partial charge in [0.05, 0.1) is 0 Å². The monoisotopic (exact) mass is 226 g/mol. The molecule has 1 aromatic heterocycles. The largest absolute Gasteiger partial charge is 0.448 e. The summed E-state index contributed by atoms with van der Waals surface area (Å²) in [5.74, 6) is 0.375. The van der Waals surface area contributed by atoms with Gasteiger partial charge < -0.3 is 0 Å². The molecule has 72 valence electrons. The van der Waals surface area contributed by atoms with Gasteiger partial charge in [-0.1, -0.05) is 11.3 Å². The molecule has 0 aliphatic heterocycles. The lowest BCUT2D eigenvalue weighted by atomic mass is 10.5. The van der Waals surface area contributed by atoms with Gasteiger partial charge in [0.25, 0.3) is 0 Å². The molecule has 0 N–H and O–H groups in total. The molecule has 0 amide bonds. The van der Waals surface area contributed by atoms with Crippen LogP contribution in [0.25, 0.3) is 0 Å². The van der Waals surface area contributed by atoms with Crippen molar-refractivity contribution in [3.05, 3.63) is 5.01 Å². The lowest BCUT2D eigenvalue weighted by molar-refractivity contribution is -0.0328. The Morgan fingerprint density at radius 1 is 1.31 bits per heavy atom. The van der Waals surface area contributed by atoms with Crippen LogP contribution in [0.1, 0.15) is 23.8 Å². The van der Waals surface area contributed by atoms with Gasteiger partial charge in [-0.15, -0.1) is 10.2 Å². The summed E-state index contributed by atoms with van der Waals surface area (Å²) in [5.41, 5.74) is -4.25. The van der Waals surface area contributed by atoms with Crippen LogP contribution in [-0.2, 0) is 0 Å². The standard InChI is InChI=1S/C6H5F3N2S2/c7-6(8,9)13-5-11-10-4(12-5)3-1-2-3/h3H,1-2H2. The Morgan fingerprint density at radius 2 is 2.00 bits per heavy atom. The first-order valence-corrected chi connectivity index (χ1v) is 5.27. The minimum atomic E-state index is -4.25. The Bertz CT molecular complexity index is 305. The molecule has 1 fully saturated rings. The van der Waals surface area contributed by atoms with Gasteiger partial charge in [0.2, 0.25) is 0 Å². The predicted molar refractivity (Wildman–Crippen MR) is 43.8 cm³/mol. The van der Waals surface area contributed by atoms with Gasteiger partial charge in [0, 0.05) is 17.7 Å². The summed E-state index contributed by atoms with van der Waals surface area (Å²) in [4.78, 5) is 0. The summed E-state index contributed by atoms with van der Waals surface area (Å²) in [6, 6.07) is 0. The van der Waals surface area contributed by atoms with E-state index in [1.165, 1.54) is 0 Å². The molecule has 13 heavy (non-hydrogen) atoms. The number of aromatic nitrogens is 2. The predicted octanol–water partition coefficient (Wildman–Crippen LogP) is 3.03. The van der Waals surface area contributed by atoms with E-state index in [9.17, 15) is 13.2 Å². The van der Waals surface area contributed by atoms with Crippen molar-refractivity contribution in [2.24, 2.45) is 0 Å². The molecule has 2 rings (SSSR count). The molecule has 0 bridgehead atoms. The fourth-order valence-corrected chi connectivity index (χ4v) is 2.59. The van der Waals surface area contributed by atoms with Crippen molar-refractivity contribution < 1.29 is 13.2 Å². The third kappa shape index (κ3) is 2.57. The van der Waals surface area contributed by atoms with E-state index in [1.807, 2.05) is 0 Å². The van der Waals surface area contributed by atoms with Crippen molar-refractivity contribution >= 4 is 23.1 Å². The van der Waals surface area contributed by atoms with E-state index < -0.39 is 5.51 Å². The van der Waals surface area contributed by atoms with Gasteiger partial charge in [-0.05, 0) is 12.8 Å². The molecule has 7 heteroatoms. The molecule has 0 saturated heterocycles.